The highest BCUT2D eigenvalue weighted by atomic mass is 16.5. The van der Waals surface area contributed by atoms with Crippen molar-refractivity contribution in [2.45, 2.75) is 51.0 Å². The van der Waals surface area contributed by atoms with Gasteiger partial charge in [-0.3, -0.25) is 9.69 Å². The van der Waals surface area contributed by atoms with Crippen LogP contribution in [-0.4, -0.2) is 47.7 Å². The summed E-state index contributed by atoms with van der Waals surface area (Å²) in [6.07, 6.45) is 7.56. The molecule has 1 aliphatic carbocycles. The van der Waals surface area contributed by atoms with Gasteiger partial charge >= 0.3 is 0 Å². The maximum absolute atomic E-state index is 11.9. The first-order valence-electron chi connectivity index (χ1n) is 10.7. The second-order valence-electron chi connectivity index (χ2n) is 8.56. The zero-order chi connectivity index (χ0) is 19.8. The fourth-order valence-electron chi connectivity index (χ4n) is 5.20. The number of hydrogen-bond donors (Lipinski definition) is 1. The Hall–Kier alpha value is -2.31. The van der Waals surface area contributed by atoms with Crippen LogP contribution in [0, 0.1) is 5.92 Å². The zero-order valence-corrected chi connectivity index (χ0v) is 16.8. The summed E-state index contributed by atoms with van der Waals surface area (Å²) in [5.74, 6) is 1.12. The third-order valence-corrected chi connectivity index (χ3v) is 6.76. The molecular weight excluding hydrogens is 366 g/mol. The van der Waals surface area contributed by atoms with Gasteiger partial charge in [-0.2, -0.15) is 0 Å². The van der Waals surface area contributed by atoms with Gasteiger partial charge < -0.3 is 20.1 Å². The lowest BCUT2D eigenvalue weighted by Crippen LogP contribution is -2.62. The number of benzene rings is 1. The first-order chi connectivity index (χ1) is 14.2. The van der Waals surface area contributed by atoms with Gasteiger partial charge in [-0.15, -0.1) is 0 Å². The molecule has 1 saturated carbocycles. The van der Waals surface area contributed by atoms with Crippen LogP contribution in [-0.2, 0) is 20.9 Å². The predicted molar refractivity (Wildman–Crippen MR) is 109 cm³/mol. The van der Waals surface area contributed by atoms with E-state index in [0.717, 1.165) is 30.2 Å². The molecule has 0 radical (unpaired) electrons. The van der Waals surface area contributed by atoms with Crippen LogP contribution < -0.4 is 5.73 Å². The minimum absolute atomic E-state index is 0.0666. The van der Waals surface area contributed by atoms with Crippen molar-refractivity contribution < 1.29 is 14.3 Å². The van der Waals surface area contributed by atoms with Crippen LogP contribution in [0.2, 0.25) is 0 Å². The number of amides is 1. The molecule has 154 valence electrons. The van der Waals surface area contributed by atoms with Gasteiger partial charge in [-0.1, -0.05) is 43.2 Å². The molecular formula is C23H29N3O3. The highest BCUT2D eigenvalue weighted by Gasteiger charge is 2.44. The topological polar surface area (TPSA) is 68.0 Å². The average molecular weight is 396 g/mol. The molecule has 0 bridgehead atoms. The summed E-state index contributed by atoms with van der Waals surface area (Å²) in [5, 5.41) is 0. The van der Waals surface area contributed by atoms with E-state index >= 15 is 0 Å². The Labute approximate surface area is 171 Å². The second kappa shape index (κ2) is 7.84. The molecule has 29 heavy (non-hydrogen) atoms. The standard InChI is InChI=1S/C23H29N3O3/c24-23(27)18-10-21(28-14-16-6-2-1-3-7-16)20-12-26-19-9-5-4-8-17(19)15-29-22(26)13-25(20)11-18/h1-3,6-7,11,17,19,22H,4-5,8-10,12-15H2,(H2,24,27). The van der Waals surface area contributed by atoms with Gasteiger partial charge in [0.05, 0.1) is 18.8 Å². The monoisotopic (exact) mass is 395 g/mol. The lowest BCUT2D eigenvalue weighted by Gasteiger charge is -2.53. The van der Waals surface area contributed by atoms with Crippen molar-refractivity contribution in [1.29, 1.82) is 0 Å². The fourth-order valence-corrected chi connectivity index (χ4v) is 5.20. The van der Waals surface area contributed by atoms with Crippen LogP contribution in [0.15, 0.2) is 53.6 Å². The van der Waals surface area contributed by atoms with Crippen molar-refractivity contribution in [2.24, 2.45) is 11.7 Å². The molecule has 3 fully saturated rings. The quantitative estimate of drug-likeness (QED) is 0.849. The van der Waals surface area contributed by atoms with Gasteiger partial charge in [0, 0.05) is 30.8 Å². The number of hydrogen-bond acceptors (Lipinski definition) is 5. The molecule has 6 nitrogen and oxygen atoms in total. The van der Waals surface area contributed by atoms with E-state index in [1.54, 1.807) is 0 Å². The lowest BCUT2D eigenvalue weighted by molar-refractivity contribution is -0.173. The molecule has 3 unspecified atom stereocenters. The van der Waals surface area contributed by atoms with E-state index in [-0.39, 0.29) is 12.1 Å². The van der Waals surface area contributed by atoms with Crippen molar-refractivity contribution in [3.63, 3.8) is 0 Å². The normalized spacial score (nSPS) is 29.4. The largest absolute Gasteiger partial charge is 0.491 e. The van der Waals surface area contributed by atoms with E-state index in [2.05, 4.69) is 21.9 Å². The first kappa shape index (κ1) is 18.7. The summed E-state index contributed by atoms with van der Waals surface area (Å²) in [6, 6.07) is 10.7. The number of rotatable bonds is 4. The molecule has 2 N–H and O–H groups in total. The minimum Gasteiger partial charge on any atom is -0.491 e. The van der Waals surface area contributed by atoms with Crippen LogP contribution >= 0.6 is 0 Å². The first-order valence-corrected chi connectivity index (χ1v) is 10.7. The van der Waals surface area contributed by atoms with E-state index in [9.17, 15) is 4.79 Å². The Morgan fingerprint density at radius 1 is 1.21 bits per heavy atom. The lowest BCUT2D eigenvalue weighted by atomic mass is 9.82. The van der Waals surface area contributed by atoms with Crippen LogP contribution in [0.4, 0.5) is 0 Å². The zero-order valence-electron chi connectivity index (χ0n) is 16.8. The Morgan fingerprint density at radius 3 is 2.86 bits per heavy atom. The summed E-state index contributed by atoms with van der Waals surface area (Å²) >= 11 is 0. The number of nitrogens with two attached hydrogens (primary N) is 1. The average Bonchev–Trinajstić information content (AvgIpc) is 2.76. The third-order valence-electron chi connectivity index (χ3n) is 6.76. The Kier molecular flexibility index (Phi) is 5.06. The van der Waals surface area contributed by atoms with E-state index < -0.39 is 0 Å². The van der Waals surface area contributed by atoms with Crippen molar-refractivity contribution in [2.75, 3.05) is 19.7 Å². The highest BCUT2D eigenvalue weighted by molar-refractivity contribution is 5.92. The van der Waals surface area contributed by atoms with E-state index in [1.165, 1.54) is 25.7 Å². The molecule has 3 aliphatic heterocycles. The molecule has 1 aromatic carbocycles. The molecule has 4 aliphatic rings. The van der Waals surface area contributed by atoms with Gasteiger partial charge in [0.25, 0.3) is 0 Å². The molecule has 0 aromatic heterocycles. The predicted octanol–water partition coefficient (Wildman–Crippen LogP) is 2.72. The second-order valence-corrected chi connectivity index (χ2v) is 8.56. The molecule has 3 heterocycles. The Bertz CT molecular complexity index is 835. The summed E-state index contributed by atoms with van der Waals surface area (Å²) in [7, 11) is 0. The number of fused-ring (bicyclic) bond motifs is 4. The van der Waals surface area contributed by atoms with Crippen LogP contribution in [0.3, 0.4) is 0 Å². The Morgan fingerprint density at radius 2 is 2.03 bits per heavy atom. The summed E-state index contributed by atoms with van der Waals surface area (Å²) < 4.78 is 12.5. The number of piperazine rings is 1. The number of carbonyl (C=O) groups excluding carboxylic acids is 1. The molecule has 0 spiro atoms. The number of ether oxygens (including phenoxy) is 2. The summed E-state index contributed by atoms with van der Waals surface area (Å²) in [6.45, 7) is 2.86. The van der Waals surface area contributed by atoms with E-state index in [0.29, 0.717) is 37.1 Å². The fraction of sp³-hybridized carbons (Fsp3) is 0.522. The smallest absolute Gasteiger partial charge is 0.246 e. The molecule has 5 rings (SSSR count). The number of primary amides is 1. The number of carbonyl (C=O) groups is 1. The van der Waals surface area contributed by atoms with Crippen molar-refractivity contribution in [3.05, 3.63) is 59.1 Å². The van der Waals surface area contributed by atoms with E-state index in [1.807, 2.05) is 24.4 Å². The Balaban J connectivity index is 1.41. The van der Waals surface area contributed by atoms with Gasteiger partial charge in [0.1, 0.15) is 18.6 Å². The molecule has 1 amide bonds. The number of nitrogens with zero attached hydrogens (tertiary/aromatic N) is 2. The van der Waals surface area contributed by atoms with Crippen molar-refractivity contribution in [1.82, 2.24) is 9.80 Å². The van der Waals surface area contributed by atoms with Crippen LogP contribution in [0.25, 0.3) is 0 Å². The highest BCUT2D eigenvalue weighted by Crippen LogP contribution is 2.39. The van der Waals surface area contributed by atoms with Gasteiger partial charge in [0.2, 0.25) is 5.91 Å². The van der Waals surface area contributed by atoms with Gasteiger partial charge in [0.15, 0.2) is 0 Å². The molecule has 1 aromatic rings. The third kappa shape index (κ3) is 3.67. The molecule has 6 heteroatoms. The van der Waals surface area contributed by atoms with Gasteiger partial charge in [-0.25, -0.2) is 0 Å². The van der Waals surface area contributed by atoms with Crippen molar-refractivity contribution in [3.8, 4) is 0 Å². The SMILES string of the molecule is NC(=O)C1=CN2CC3OCC4CCCCC4N3CC2=C(OCc2ccccc2)C1. The minimum atomic E-state index is -0.385. The van der Waals surface area contributed by atoms with Crippen LogP contribution in [0.1, 0.15) is 37.7 Å². The maximum atomic E-state index is 11.9. The summed E-state index contributed by atoms with van der Waals surface area (Å²) in [5.41, 5.74) is 8.48. The summed E-state index contributed by atoms with van der Waals surface area (Å²) in [4.78, 5) is 16.6. The number of allylic oxidation sites excluding steroid dienone is 1. The van der Waals surface area contributed by atoms with Crippen LogP contribution in [0.5, 0.6) is 0 Å². The molecule has 2 saturated heterocycles. The maximum Gasteiger partial charge on any atom is 0.246 e. The van der Waals surface area contributed by atoms with Gasteiger partial charge in [-0.05, 0) is 24.3 Å². The van der Waals surface area contributed by atoms with Crippen molar-refractivity contribution >= 4 is 5.91 Å². The van der Waals surface area contributed by atoms with E-state index in [4.69, 9.17) is 15.2 Å². The molecule has 3 atom stereocenters.